The number of aryl methyl sites for hydroxylation is 1. The van der Waals surface area contributed by atoms with Crippen molar-refractivity contribution in [3.8, 4) is 0 Å². The van der Waals surface area contributed by atoms with Crippen LogP contribution in [0, 0.1) is 6.92 Å². The minimum atomic E-state index is -0.138. The Morgan fingerprint density at radius 2 is 2.04 bits per heavy atom. The SMILES string of the molecule is Cc1cc(=O)cc(C(=O)N2CCCC[C@@H]2c2nc3ccccc3[nH]2)n1C. The number of para-hydroxylation sites is 2. The highest BCUT2D eigenvalue weighted by Gasteiger charge is 2.31. The number of imidazole rings is 1. The highest BCUT2D eigenvalue weighted by atomic mass is 16.2. The van der Waals surface area contributed by atoms with Crippen LogP contribution in [0.15, 0.2) is 41.2 Å². The number of pyridine rings is 1. The third-order valence-corrected chi connectivity index (χ3v) is 5.23. The molecule has 0 spiro atoms. The van der Waals surface area contributed by atoms with Crippen molar-refractivity contribution in [1.82, 2.24) is 19.4 Å². The van der Waals surface area contributed by atoms with Crippen molar-refractivity contribution < 1.29 is 4.79 Å². The van der Waals surface area contributed by atoms with E-state index in [2.05, 4.69) is 4.98 Å². The first kappa shape index (κ1) is 16.6. The van der Waals surface area contributed by atoms with Gasteiger partial charge in [0.2, 0.25) is 0 Å². The van der Waals surface area contributed by atoms with E-state index >= 15 is 0 Å². The molecule has 1 amide bonds. The number of hydrogen-bond donors (Lipinski definition) is 1. The number of fused-ring (bicyclic) bond motifs is 1. The molecule has 4 rings (SSSR count). The van der Waals surface area contributed by atoms with E-state index in [1.807, 2.05) is 43.1 Å². The average molecular weight is 350 g/mol. The monoisotopic (exact) mass is 350 g/mol. The summed E-state index contributed by atoms with van der Waals surface area (Å²) < 4.78 is 1.79. The number of aromatic nitrogens is 3. The van der Waals surface area contributed by atoms with Crippen LogP contribution in [0.5, 0.6) is 0 Å². The Morgan fingerprint density at radius 3 is 2.85 bits per heavy atom. The minimum absolute atomic E-state index is 0.0979. The van der Waals surface area contributed by atoms with Gasteiger partial charge in [-0.1, -0.05) is 12.1 Å². The number of aromatic amines is 1. The number of carbonyl (C=O) groups is 1. The molecule has 1 atom stereocenters. The molecular formula is C20H22N4O2. The standard InChI is InChI=1S/C20H22N4O2/c1-13-11-14(25)12-18(23(13)2)20(26)24-10-6-5-9-17(24)19-21-15-7-3-4-8-16(15)22-19/h3-4,7-8,11-12,17H,5-6,9-10H2,1-2H3,(H,21,22)/t17-/m1/s1. The molecule has 2 aromatic heterocycles. The van der Waals surface area contributed by atoms with Crippen LogP contribution in [0.25, 0.3) is 11.0 Å². The number of amides is 1. The average Bonchev–Trinajstić information content (AvgIpc) is 3.08. The van der Waals surface area contributed by atoms with Gasteiger partial charge in [0.15, 0.2) is 5.43 Å². The van der Waals surface area contributed by atoms with E-state index < -0.39 is 0 Å². The normalized spacial score (nSPS) is 17.6. The summed E-state index contributed by atoms with van der Waals surface area (Å²) in [6.07, 6.45) is 2.88. The van der Waals surface area contributed by atoms with Crippen molar-refractivity contribution in [1.29, 1.82) is 0 Å². The summed E-state index contributed by atoms with van der Waals surface area (Å²) in [6, 6.07) is 10.8. The largest absolute Gasteiger partial charge is 0.344 e. The van der Waals surface area contributed by atoms with Crippen molar-refractivity contribution in [2.24, 2.45) is 7.05 Å². The summed E-state index contributed by atoms with van der Waals surface area (Å²) in [5.41, 5.74) is 2.95. The van der Waals surface area contributed by atoms with Crippen LogP contribution in [-0.2, 0) is 7.05 Å². The predicted molar refractivity (Wildman–Crippen MR) is 100 cm³/mol. The van der Waals surface area contributed by atoms with E-state index in [1.54, 1.807) is 10.6 Å². The Hall–Kier alpha value is -2.89. The molecule has 3 heterocycles. The number of nitrogens with zero attached hydrogens (tertiary/aromatic N) is 3. The van der Waals surface area contributed by atoms with E-state index in [4.69, 9.17) is 4.98 Å². The molecular weight excluding hydrogens is 328 g/mol. The van der Waals surface area contributed by atoms with Crippen molar-refractivity contribution in [2.75, 3.05) is 6.54 Å². The maximum atomic E-state index is 13.2. The maximum Gasteiger partial charge on any atom is 0.271 e. The first-order valence-corrected chi connectivity index (χ1v) is 8.98. The summed E-state index contributed by atoms with van der Waals surface area (Å²) in [5, 5.41) is 0. The lowest BCUT2D eigenvalue weighted by molar-refractivity contribution is 0.0590. The zero-order valence-electron chi connectivity index (χ0n) is 15.0. The number of rotatable bonds is 2. The molecule has 1 aliphatic heterocycles. The molecule has 134 valence electrons. The molecule has 1 fully saturated rings. The van der Waals surface area contributed by atoms with Gasteiger partial charge in [0.25, 0.3) is 5.91 Å². The van der Waals surface area contributed by atoms with E-state index in [0.717, 1.165) is 41.8 Å². The minimum Gasteiger partial charge on any atom is -0.344 e. The molecule has 26 heavy (non-hydrogen) atoms. The van der Waals surface area contributed by atoms with Gasteiger partial charge in [-0.2, -0.15) is 0 Å². The van der Waals surface area contributed by atoms with Crippen LogP contribution in [0.4, 0.5) is 0 Å². The van der Waals surface area contributed by atoms with E-state index in [9.17, 15) is 9.59 Å². The molecule has 1 N–H and O–H groups in total. The van der Waals surface area contributed by atoms with E-state index in [1.165, 1.54) is 6.07 Å². The van der Waals surface area contributed by atoms with Gasteiger partial charge in [-0.05, 0) is 38.3 Å². The van der Waals surface area contributed by atoms with Crippen molar-refractivity contribution in [2.45, 2.75) is 32.2 Å². The Morgan fingerprint density at radius 1 is 1.23 bits per heavy atom. The van der Waals surface area contributed by atoms with Crippen molar-refractivity contribution in [3.05, 3.63) is 63.8 Å². The highest BCUT2D eigenvalue weighted by molar-refractivity contribution is 5.93. The van der Waals surface area contributed by atoms with Gasteiger partial charge in [0, 0.05) is 31.4 Å². The lowest BCUT2D eigenvalue weighted by Gasteiger charge is -2.35. The second-order valence-corrected chi connectivity index (χ2v) is 6.93. The predicted octanol–water partition coefficient (Wildman–Crippen LogP) is 2.94. The van der Waals surface area contributed by atoms with Crippen LogP contribution >= 0.6 is 0 Å². The summed E-state index contributed by atoms with van der Waals surface area (Å²) in [6.45, 7) is 2.51. The zero-order chi connectivity index (χ0) is 18.3. The lowest BCUT2D eigenvalue weighted by atomic mass is 10.0. The molecule has 0 saturated carbocycles. The second-order valence-electron chi connectivity index (χ2n) is 6.93. The van der Waals surface area contributed by atoms with Gasteiger partial charge in [-0.3, -0.25) is 9.59 Å². The maximum absolute atomic E-state index is 13.2. The number of nitrogens with one attached hydrogen (secondary N) is 1. The van der Waals surface area contributed by atoms with Gasteiger partial charge in [-0.15, -0.1) is 0 Å². The topological polar surface area (TPSA) is 71.0 Å². The number of benzene rings is 1. The van der Waals surface area contributed by atoms with Crippen LogP contribution in [0.2, 0.25) is 0 Å². The summed E-state index contributed by atoms with van der Waals surface area (Å²) in [7, 11) is 1.82. The van der Waals surface area contributed by atoms with Crippen molar-refractivity contribution >= 4 is 16.9 Å². The van der Waals surface area contributed by atoms with Crippen LogP contribution in [0.3, 0.4) is 0 Å². The molecule has 0 radical (unpaired) electrons. The van der Waals surface area contributed by atoms with Crippen LogP contribution in [0.1, 0.15) is 47.3 Å². The van der Waals surface area contributed by atoms with Gasteiger partial charge >= 0.3 is 0 Å². The Kier molecular flexibility index (Phi) is 4.11. The highest BCUT2D eigenvalue weighted by Crippen LogP contribution is 2.31. The molecule has 6 nitrogen and oxygen atoms in total. The molecule has 0 unspecified atom stereocenters. The molecule has 3 aromatic rings. The van der Waals surface area contributed by atoms with E-state index in [-0.39, 0.29) is 17.4 Å². The summed E-state index contributed by atoms with van der Waals surface area (Å²) in [5.74, 6) is 0.704. The van der Waals surface area contributed by atoms with Gasteiger partial charge < -0.3 is 14.5 Å². The molecule has 0 bridgehead atoms. The smallest absolute Gasteiger partial charge is 0.271 e. The van der Waals surface area contributed by atoms with E-state index in [0.29, 0.717) is 12.2 Å². The fourth-order valence-corrected chi connectivity index (χ4v) is 3.71. The summed E-state index contributed by atoms with van der Waals surface area (Å²) in [4.78, 5) is 35.1. The Balaban J connectivity index is 1.74. The molecule has 1 aromatic carbocycles. The first-order valence-electron chi connectivity index (χ1n) is 8.98. The number of likely N-dealkylation sites (tertiary alicyclic amines) is 1. The van der Waals surface area contributed by atoms with Crippen LogP contribution in [-0.4, -0.2) is 31.9 Å². The third kappa shape index (κ3) is 2.81. The number of piperidine rings is 1. The molecule has 1 saturated heterocycles. The Labute approximate surface area is 151 Å². The number of hydrogen-bond acceptors (Lipinski definition) is 3. The van der Waals surface area contributed by atoms with Gasteiger partial charge in [0.05, 0.1) is 17.1 Å². The number of H-pyrrole nitrogens is 1. The second kappa shape index (κ2) is 6.44. The third-order valence-electron chi connectivity index (χ3n) is 5.23. The lowest BCUT2D eigenvalue weighted by Crippen LogP contribution is -2.40. The fraction of sp³-hybridized carbons (Fsp3) is 0.350. The quantitative estimate of drug-likeness (QED) is 0.772. The summed E-state index contributed by atoms with van der Waals surface area (Å²) >= 11 is 0. The molecule has 6 heteroatoms. The van der Waals surface area contributed by atoms with Gasteiger partial charge in [-0.25, -0.2) is 4.98 Å². The number of carbonyl (C=O) groups excluding carboxylic acids is 1. The Bertz CT molecular complexity index is 1000. The zero-order valence-corrected chi connectivity index (χ0v) is 15.0. The van der Waals surface area contributed by atoms with Gasteiger partial charge in [0.1, 0.15) is 11.5 Å². The van der Waals surface area contributed by atoms with Crippen LogP contribution < -0.4 is 5.43 Å². The fourth-order valence-electron chi connectivity index (χ4n) is 3.71. The van der Waals surface area contributed by atoms with Crippen molar-refractivity contribution in [3.63, 3.8) is 0 Å². The molecule has 1 aliphatic rings. The first-order chi connectivity index (χ1) is 12.5. The molecule has 0 aliphatic carbocycles.